The topological polar surface area (TPSA) is 15.5 Å². The molecule has 506 valence electrons. The van der Waals surface area contributed by atoms with Crippen molar-refractivity contribution in [3.8, 4) is 89.5 Å². The highest BCUT2D eigenvalue weighted by Gasteiger charge is 2.23. The first kappa shape index (κ1) is 64.1. The third-order valence-electron chi connectivity index (χ3n) is 18.2. The van der Waals surface area contributed by atoms with Crippen LogP contribution in [0.4, 0.5) is 0 Å². The largest absolute Gasteiger partial charge is 0.212 e. The minimum Gasteiger partial charge on any atom is -0.201 e. The Balaban J connectivity index is 0.000000168. The van der Waals surface area contributed by atoms with E-state index < -0.39 is 19.6 Å². The summed E-state index contributed by atoms with van der Waals surface area (Å²) in [6.45, 7) is 27.0. The van der Waals surface area contributed by atoms with Crippen LogP contribution in [-0.4, -0.2) is 0 Å². The quantitative estimate of drug-likeness (QED) is 0.0857. The minimum atomic E-state index is -2.30. The average Bonchev–Trinajstić information content (AvgIpc) is 0.734. The zero-order valence-electron chi connectivity index (χ0n) is 69.2. The average molecular weight is 1310 g/mol. The highest BCUT2D eigenvalue weighted by atomic mass is 14.9. The van der Waals surface area contributed by atoms with E-state index in [1.165, 1.54) is 106 Å². The molecule has 0 saturated heterocycles. The number of nitrogens with zero attached hydrogens (tertiary/aromatic N) is 4. The summed E-state index contributed by atoms with van der Waals surface area (Å²) in [6.07, 6.45) is 7.02. The molecule has 12 aromatic rings. The second-order valence-electron chi connectivity index (χ2n) is 28.3. The Bertz CT molecular complexity index is 4980. The van der Waals surface area contributed by atoms with E-state index in [1.54, 1.807) is 46.0 Å². The zero-order valence-corrected chi connectivity index (χ0v) is 62.2. The minimum absolute atomic E-state index is 0.267. The van der Waals surface area contributed by atoms with Crippen molar-refractivity contribution in [2.24, 2.45) is 51.9 Å². The maximum atomic E-state index is 8.88. The molecule has 0 bridgehead atoms. The predicted molar refractivity (Wildman–Crippen MR) is 421 cm³/mol. The summed E-state index contributed by atoms with van der Waals surface area (Å²) in [4.78, 5) is 0. The smallest absolute Gasteiger partial charge is 0.201 e. The van der Waals surface area contributed by atoms with E-state index in [-0.39, 0.29) is 17.4 Å². The fourth-order valence-electron chi connectivity index (χ4n) is 13.3. The van der Waals surface area contributed by atoms with Gasteiger partial charge >= 0.3 is 0 Å². The number of aromatic nitrogens is 4. The number of benzene rings is 8. The summed E-state index contributed by atoms with van der Waals surface area (Å²) >= 11 is 0. The molecule has 0 unspecified atom stereocenters. The molecule has 0 aliphatic carbocycles. The summed E-state index contributed by atoms with van der Waals surface area (Å²) in [7, 11) is 8.20. The number of hydrogen-bond donors (Lipinski definition) is 0. The standard InChI is InChI=1S/2C28H36N.C20H20N.C19H18N/c2*1-19(2)13-24-16-28(29(7)18-25(24)14-20(3)4)27-17-26(21(5)15-22(27)6)23-11-9-8-10-12-23;1-15-13-16(2)19(20-11-7-8-12-21(20)3)14-18(15)17-9-5-4-6-10-17;1-15-11-12-17(16-8-4-3-5-9-16)14-18(15)19-10-6-7-13-20(19)2/h2*8-12,15-20H,13-14H2,1-7H3;4-14H,1-3H3;3-14H,1-2H3/q4*+1/i5D3,13D2,14D2;;;. The second-order valence-corrected chi connectivity index (χ2v) is 28.3. The molecular weight excluding hydrogens is 1200 g/mol. The SMILES string of the molecule is Cc1cc(C)c(-c2cc(CC(C)C)c(CC(C)C)c[n+]2C)cc1-c1ccccc1.Cc1cc(C)c(-c2cccc[n+]2C)cc1-c1ccccc1.Cc1ccc(-c2ccccc2)cc1-c1cccc[n+]1C.[2H]C([2H])([2H])c1cc(C)c(-c2cc(C([2H])([2H])C(C)C)c(C([2H])([2H])C(C)C)c[n+]2C)cc1-c1ccccc1. The van der Waals surface area contributed by atoms with Crippen molar-refractivity contribution >= 4 is 0 Å². The molecule has 0 radical (unpaired) electrons. The van der Waals surface area contributed by atoms with E-state index >= 15 is 0 Å². The normalized spacial score (nSPS) is 12.6. The first-order valence-corrected chi connectivity index (χ1v) is 35.3. The van der Waals surface area contributed by atoms with Crippen LogP contribution in [0.3, 0.4) is 0 Å². The van der Waals surface area contributed by atoms with Gasteiger partial charge in [-0.2, -0.15) is 0 Å². The van der Waals surface area contributed by atoms with E-state index in [0.717, 1.165) is 29.5 Å². The van der Waals surface area contributed by atoms with Crippen molar-refractivity contribution in [2.75, 3.05) is 0 Å². The maximum absolute atomic E-state index is 8.88. The Labute approximate surface area is 605 Å². The Morgan fingerprint density at radius 1 is 0.273 bits per heavy atom. The van der Waals surface area contributed by atoms with Gasteiger partial charge in [-0.25, -0.2) is 18.3 Å². The molecule has 0 aliphatic heterocycles. The van der Waals surface area contributed by atoms with Gasteiger partial charge in [-0.1, -0.05) is 207 Å². The van der Waals surface area contributed by atoms with Crippen LogP contribution in [0.25, 0.3) is 89.5 Å². The van der Waals surface area contributed by atoms with Crippen molar-refractivity contribution in [1.82, 2.24) is 0 Å². The molecule has 4 nitrogen and oxygen atoms in total. The molecule has 0 aliphatic rings. The molecule has 0 N–H and O–H groups in total. The molecule has 0 saturated carbocycles. The highest BCUT2D eigenvalue weighted by Crippen LogP contribution is 2.36. The Hall–Kier alpha value is -9.64. The monoisotopic (exact) mass is 1310 g/mol. The van der Waals surface area contributed by atoms with E-state index in [4.69, 9.17) is 9.60 Å². The number of pyridine rings is 4. The lowest BCUT2D eigenvalue weighted by Crippen LogP contribution is -2.32. The van der Waals surface area contributed by atoms with E-state index in [2.05, 4.69) is 292 Å². The van der Waals surface area contributed by atoms with Gasteiger partial charge in [-0.05, 0) is 229 Å². The van der Waals surface area contributed by atoms with Crippen LogP contribution in [0.15, 0.2) is 249 Å². The maximum Gasteiger partial charge on any atom is 0.212 e. The summed E-state index contributed by atoms with van der Waals surface area (Å²) in [5.41, 5.74) is 29.6. The zero-order chi connectivity index (χ0) is 77.1. The molecule has 4 aromatic heterocycles. The molecular formula is C95H110N4+4. The fourth-order valence-corrected chi connectivity index (χ4v) is 13.3. The van der Waals surface area contributed by atoms with Crippen molar-refractivity contribution in [1.29, 1.82) is 0 Å². The Morgan fingerprint density at radius 2 is 0.616 bits per heavy atom. The van der Waals surface area contributed by atoms with Gasteiger partial charge in [-0.3, -0.25) is 0 Å². The van der Waals surface area contributed by atoms with E-state index in [1.807, 2.05) is 54.9 Å². The highest BCUT2D eigenvalue weighted by molar-refractivity contribution is 5.79. The lowest BCUT2D eigenvalue weighted by molar-refractivity contribution is -0.661. The fraction of sp³-hybridized carbons (Fsp3) is 0.284. The van der Waals surface area contributed by atoms with Crippen molar-refractivity contribution in [3.05, 3.63) is 310 Å². The van der Waals surface area contributed by atoms with Crippen LogP contribution in [0.1, 0.15) is 126 Å². The molecule has 0 fully saturated rings. The van der Waals surface area contributed by atoms with Crippen LogP contribution < -0.4 is 18.3 Å². The molecule has 8 aromatic carbocycles. The number of aryl methyl sites for hydroxylation is 11. The molecule has 0 amide bonds. The summed E-state index contributed by atoms with van der Waals surface area (Å²) < 4.78 is 68.1. The Kier molecular flexibility index (Phi) is 22.1. The first-order chi connectivity index (χ1) is 50.2. The van der Waals surface area contributed by atoms with Crippen LogP contribution >= 0.6 is 0 Å². The lowest BCUT2D eigenvalue weighted by atomic mass is 9.90. The van der Waals surface area contributed by atoms with Crippen molar-refractivity contribution in [3.63, 3.8) is 0 Å². The third kappa shape index (κ3) is 19.2. The van der Waals surface area contributed by atoms with Gasteiger partial charge < -0.3 is 0 Å². The van der Waals surface area contributed by atoms with Gasteiger partial charge in [0.25, 0.3) is 0 Å². The van der Waals surface area contributed by atoms with Crippen molar-refractivity contribution in [2.45, 2.75) is 129 Å². The van der Waals surface area contributed by atoms with Gasteiger partial charge in [0.05, 0.1) is 0 Å². The molecule has 0 atom stereocenters. The van der Waals surface area contributed by atoms with E-state index in [0.29, 0.717) is 34.2 Å². The molecule has 0 spiro atoms. The van der Waals surface area contributed by atoms with Crippen LogP contribution in [-0.2, 0) is 53.8 Å². The first-order valence-electron chi connectivity index (χ1n) is 38.8. The Morgan fingerprint density at radius 3 is 1.03 bits per heavy atom. The number of rotatable bonds is 16. The molecule has 4 heteroatoms. The molecule has 4 heterocycles. The van der Waals surface area contributed by atoms with Crippen LogP contribution in [0, 0.1) is 72.1 Å². The van der Waals surface area contributed by atoms with Gasteiger partial charge in [0.15, 0.2) is 24.8 Å². The van der Waals surface area contributed by atoms with Gasteiger partial charge in [0.1, 0.15) is 28.2 Å². The third-order valence-corrected chi connectivity index (χ3v) is 18.2. The van der Waals surface area contributed by atoms with Gasteiger partial charge in [0.2, 0.25) is 22.8 Å². The van der Waals surface area contributed by atoms with Crippen molar-refractivity contribution < 1.29 is 27.9 Å². The van der Waals surface area contributed by atoms with E-state index in [9.17, 15) is 0 Å². The summed E-state index contributed by atoms with van der Waals surface area (Å²) in [5, 5.41) is 0. The summed E-state index contributed by atoms with van der Waals surface area (Å²) in [6, 6.07) is 77.6. The summed E-state index contributed by atoms with van der Waals surface area (Å²) in [5.74, 6) is 0.590. The second kappa shape index (κ2) is 34.2. The van der Waals surface area contributed by atoms with Gasteiger partial charge in [0, 0.05) is 79.4 Å². The molecule has 99 heavy (non-hydrogen) atoms. The molecule has 12 rings (SSSR count). The number of hydrogen-bond acceptors (Lipinski definition) is 0. The van der Waals surface area contributed by atoms with Crippen LogP contribution in [0.2, 0.25) is 0 Å². The van der Waals surface area contributed by atoms with Crippen LogP contribution in [0.5, 0.6) is 0 Å². The predicted octanol–water partition coefficient (Wildman–Crippen LogP) is 22.3. The van der Waals surface area contributed by atoms with Gasteiger partial charge in [-0.15, -0.1) is 0 Å². The lowest BCUT2D eigenvalue weighted by Gasteiger charge is -2.16.